The van der Waals surface area contributed by atoms with E-state index < -0.39 is 17.5 Å². The number of carbonyl (C=O) groups is 2. The van der Waals surface area contributed by atoms with Crippen molar-refractivity contribution in [1.82, 2.24) is 0 Å². The van der Waals surface area contributed by atoms with Crippen LogP contribution in [0.15, 0.2) is 40.9 Å². The molecule has 144 valence electrons. The van der Waals surface area contributed by atoms with Crippen molar-refractivity contribution in [2.75, 3.05) is 11.4 Å². The second kappa shape index (κ2) is 8.82. The molecular formula is C19H17BrCl3NO3. The van der Waals surface area contributed by atoms with Crippen LogP contribution in [0.3, 0.4) is 0 Å². The molecule has 0 saturated carbocycles. The van der Waals surface area contributed by atoms with Crippen LogP contribution in [0.1, 0.15) is 31.1 Å². The maximum absolute atomic E-state index is 13.2. The lowest BCUT2D eigenvalue weighted by Crippen LogP contribution is -2.39. The molecule has 0 spiro atoms. The highest BCUT2D eigenvalue weighted by atomic mass is 79.9. The zero-order valence-corrected chi connectivity index (χ0v) is 18.7. The van der Waals surface area contributed by atoms with Gasteiger partial charge in [0.15, 0.2) is 0 Å². The van der Waals surface area contributed by atoms with Gasteiger partial charge in [0, 0.05) is 15.2 Å². The fourth-order valence-electron chi connectivity index (χ4n) is 2.31. The topological polar surface area (TPSA) is 46.6 Å². The van der Waals surface area contributed by atoms with E-state index in [9.17, 15) is 9.59 Å². The number of hydrogen-bond donors (Lipinski definition) is 0. The van der Waals surface area contributed by atoms with Crippen molar-refractivity contribution in [2.45, 2.75) is 26.4 Å². The van der Waals surface area contributed by atoms with Gasteiger partial charge in [-0.15, -0.1) is 0 Å². The number of halogens is 4. The highest BCUT2D eigenvalue weighted by Gasteiger charge is 2.27. The molecule has 2 rings (SSSR count). The van der Waals surface area contributed by atoms with E-state index in [-0.39, 0.29) is 22.2 Å². The van der Waals surface area contributed by atoms with Gasteiger partial charge >= 0.3 is 5.97 Å². The summed E-state index contributed by atoms with van der Waals surface area (Å²) in [6, 6.07) is 9.82. The average Bonchev–Trinajstić information content (AvgIpc) is 2.49. The molecule has 27 heavy (non-hydrogen) atoms. The molecule has 0 aliphatic carbocycles. The molecule has 2 aromatic rings. The van der Waals surface area contributed by atoms with Crippen LogP contribution in [0.5, 0.6) is 0 Å². The third kappa shape index (κ3) is 6.11. The molecule has 0 N–H and O–H groups in total. The molecule has 0 unspecified atom stereocenters. The van der Waals surface area contributed by atoms with E-state index in [1.807, 2.05) is 6.07 Å². The number of amides is 1. The molecule has 1 amide bonds. The van der Waals surface area contributed by atoms with E-state index in [4.69, 9.17) is 39.5 Å². The number of carbonyl (C=O) groups excluding carboxylic acids is 2. The van der Waals surface area contributed by atoms with Gasteiger partial charge in [0.2, 0.25) is 0 Å². The van der Waals surface area contributed by atoms with Crippen molar-refractivity contribution in [1.29, 1.82) is 0 Å². The Hall–Kier alpha value is -1.27. The first kappa shape index (κ1) is 22.0. The summed E-state index contributed by atoms with van der Waals surface area (Å²) in [7, 11) is 0. The molecule has 0 radical (unpaired) electrons. The van der Waals surface area contributed by atoms with E-state index in [0.29, 0.717) is 10.7 Å². The van der Waals surface area contributed by atoms with Crippen molar-refractivity contribution in [3.8, 4) is 0 Å². The van der Waals surface area contributed by atoms with Gasteiger partial charge in [-0.05, 0) is 51.1 Å². The Labute approximate surface area is 181 Å². The van der Waals surface area contributed by atoms with E-state index in [1.54, 1.807) is 39.0 Å². The average molecular weight is 494 g/mol. The predicted octanol–water partition coefficient (Wildman–Crippen LogP) is 6.40. The van der Waals surface area contributed by atoms with Crippen molar-refractivity contribution in [2.24, 2.45) is 0 Å². The Kier molecular flexibility index (Phi) is 7.20. The fourth-order valence-corrected chi connectivity index (χ4v) is 3.67. The maximum atomic E-state index is 13.2. The molecule has 4 nitrogen and oxygen atoms in total. The molecule has 0 aromatic heterocycles. The van der Waals surface area contributed by atoms with Gasteiger partial charge in [-0.2, -0.15) is 0 Å². The maximum Gasteiger partial charge on any atom is 0.326 e. The van der Waals surface area contributed by atoms with Crippen LogP contribution in [-0.4, -0.2) is 24.0 Å². The van der Waals surface area contributed by atoms with Crippen molar-refractivity contribution >= 4 is 68.3 Å². The third-order valence-electron chi connectivity index (χ3n) is 3.29. The lowest BCUT2D eigenvalue weighted by Gasteiger charge is -2.26. The van der Waals surface area contributed by atoms with Gasteiger partial charge in [0.05, 0.1) is 15.6 Å². The van der Waals surface area contributed by atoms with E-state index in [0.717, 1.165) is 4.47 Å². The minimum atomic E-state index is -0.682. The number of benzene rings is 2. The smallest absolute Gasteiger partial charge is 0.326 e. The number of rotatable bonds is 4. The number of anilines is 1. The van der Waals surface area contributed by atoms with Crippen LogP contribution < -0.4 is 4.90 Å². The molecule has 0 aliphatic rings. The number of nitrogens with zero attached hydrogens (tertiary/aromatic N) is 1. The van der Waals surface area contributed by atoms with Crippen molar-refractivity contribution < 1.29 is 14.3 Å². The zero-order valence-electron chi connectivity index (χ0n) is 14.9. The Morgan fingerprint density at radius 1 is 1.07 bits per heavy atom. The molecular weight excluding hydrogens is 476 g/mol. The second-order valence-electron chi connectivity index (χ2n) is 6.70. The Bertz CT molecular complexity index is 858. The number of ether oxygens (including phenoxy) is 1. The third-order valence-corrected chi connectivity index (χ3v) is 4.60. The summed E-state index contributed by atoms with van der Waals surface area (Å²) in [5, 5.41) is 0.506. The van der Waals surface area contributed by atoms with E-state index in [2.05, 4.69) is 15.9 Å². The van der Waals surface area contributed by atoms with Crippen LogP contribution in [-0.2, 0) is 9.53 Å². The minimum absolute atomic E-state index is 0.0614. The van der Waals surface area contributed by atoms with Crippen LogP contribution in [0.25, 0.3) is 0 Å². The molecule has 0 atom stereocenters. The van der Waals surface area contributed by atoms with Crippen LogP contribution in [0.2, 0.25) is 15.1 Å². The second-order valence-corrected chi connectivity index (χ2v) is 8.87. The lowest BCUT2D eigenvalue weighted by molar-refractivity contribution is -0.152. The first-order valence-electron chi connectivity index (χ1n) is 7.92. The number of esters is 1. The Morgan fingerprint density at radius 2 is 1.67 bits per heavy atom. The quantitative estimate of drug-likeness (QED) is 0.463. The van der Waals surface area contributed by atoms with Crippen LogP contribution >= 0.6 is 50.7 Å². The molecule has 0 fully saturated rings. The normalized spacial score (nSPS) is 11.2. The standard InChI is InChI=1S/C19H17BrCl3NO3/c1-19(2,3)27-16(25)10-24(13-6-4-5-11(20)7-13)18(26)17-14(22)8-12(21)9-15(17)23/h4-9H,10H2,1-3H3. The molecule has 0 saturated heterocycles. The van der Waals surface area contributed by atoms with Crippen LogP contribution in [0, 0.1) is 0 Å². The van der Waals surface area contributed by atoms with E-state index in [1.165, 1.54) is 17.0 Å². The largest absolute Gasteiger partial charge is 0.459 e. The SMILES string of the molecule is CC(C)(C)OC(=O)CN(C(=O)c1c(Cl)cc(Cl)cc1Cl)c1cccc(Br)c1. The Balaban J connectivity index is 2.46. The summed E-state index contributed by atoms with van der Waals surface area (Å²) in [5.74, 6) is -1.09. The summed E-state index contributed by atoms with van der Waals surface area (Å²) in [4.78, 5) is 26.8. The predicted molar refractivity (Wildman–Crippen MR) is 113 cm³/mol. The van der Waals surface area contributed by atoms with Gasteiger partial charge in [-0.25, -0.2) is 0 Å². The first-order valence-corrected chi connectivity index (χ1v) is 9.84. The van der Waals surface area contributed by atoms with Gasteiger partial charge in [0.1, 0.15) is 12.1 Å². The first-order chi connectivity index (χ1) is 12.5. The molecule has 8 heteroatoms. The van der Waals surface area contributed by atoms with E-state index >= 15 is 0 Å². The molecule has 0 bridgehead atoms. The molecule has 0 heterocycles. The summed E-state index contributed by atoms with van der Waals surface area (Å²) in [6.07, 6.45) is 0. The minimum Gasteiger partial charge on any atom is -0.459 e. The monoisotopic (exact) mass is 491 g/mol. The lowest BCUT2D eigenvalue weighted by atomic mass is 10.1. The van der Waals surface area contributed by atoms with Gasteiger partial charge in [-0.3, -0.25) is 14.5 Å². The van der Waals surface area contributed by atoms with Crippen LogP contribution in [0.4, 0.5) is 5.69 Å². The number of hydrogen-bond acceptors (Lipinski definition) is 3. The van der Waals surface area contributed by atoms with Gasteiger partial charge in [0.25, 0.3) is 5.91 Å². The van der Waals surface area contributed by atoms with Gasteiger partial charge < -0.3 is 4.74 Å². The molecule has 0 aliphatic heterocycles. The van der Waals surface area contributed by atoms with Gasteiger partial charge in [-0.1, -0.05) is 56.8 Å². The van der Waals surface area contributed by atoms with Crippen molar-refractivity contribution in [3.05, 3.63) is 61.5 Å². The zero-order chi connectivity index (χ0) is 20.4. The summed E-state index contributed by atoms with van der Waals surface area (Å²) in [5.41, 5.74) is -0.132. The summed E-state index contributed by atoms with van der Waals surface area (Å²) >= 11 is 21.7. The summed E-state index contributed by atoms with van der Waals surface area (Å²) < 4.78 is 6.10. The Morgan fingerprint density at radius 3 is 2.19 bits per heavy atom. The van der Waals surface area contributed by atoms with Crippen molar-refractivity contribution in [3.63, 3.8) is 0 Å². The molecule has 2 aromatic carbocycles. The highest BCUT2D eigenvalue weighted by Crippen LogP contribution is 2.32. The summed E-state index contributed by atoms with van der Waals surface area (Å²) in [6.45, 7) is 4.96. The highest BCUT2D eigenvalue weighted by molar-refractivity contribution is 9.10. The fraction of sp³-hybridized carbons (Fsp3) is 0.263.